The van der Waals surface area contributed by atoms with Crippen LogP contribution in [0, 0.1) is 0 Å². The first kappa shape index (κ1) is 7.74. The summed E-state index contributed by atoms with van der Waals surface area (Å²) in [5.74, 6) is 0.406. The van der Waals surface area contributed by atoms with Gasteiger partial charge in [-0.2, -0.15) is 0 Å². The van der Waals surface area contributed by atoms with Crippen molar-refractivity contribution in [3.05, 3.63) is 40.3 Å². The molecule has 1 saturated carbocycles. The molecular weight excluding hydrogens is 176 g/mol. The van der Waals surface area contributed by atoms with Gasteiger partial charge in [0.25, 0.3) is 5.56 Å². The highest BCUT2D eigenvalue weighted by atomic mass is 16.1. The molecule has 0 spiro atoms. The lowest BCUT2D eigenvalue weighted by Gasteiger charge is -1.99. The molecule has 1 N–H and O–H groups in total. The fraction of sp³-hybridized carbons (Fsp3) is 0.273. The van der Waals surface area contributed by atoms with Crippen molar-refractivity contribution >= 4 is 11.0 Å². The first-order valence-electron chi connectivity index (χ1n) is 4.83. The SMILES string of the molecule is O=c1[nH]c2ccccc2nc1C1CC1. The van der Waals surface area contributed by atoms with Crippen molar-refractivity contribution in [3.63, 3.8) is 0 Å². The third-order valence-corrected chi connectivity index (χ3v) is 2.59. The molecule has 14 heavy (non-hydrogen) atoms. The number of H-pyrrole nitrogens is 1. The van der Waals surface area contributed by atoms with Gasteiger partial charge in [0.05, 0.1) is 11.0 Å². The van der Waals surface area contributed by atoms with Gasteiger partial charge in [-0.1, -0.05) is 12.1 Å². The van der Waals surface area contributed by atoms with Crippen molar-refractivity contribution in [2.45, 2.75) is 18.8 Å². The zero-order valence-corrected chi connectivity index (χ0v) is 7.66. The molecule has 0 saturated heterocycles. The van der Waals surface area contributed by atoms with Crippen molar-refractivity contribution in [1.29, 1.82) is 0 Å². The normalized spacial score (nSPS) is 16.0. The van der Waals surface area contributed by atoms with E-state index in [1.165, 1.54) is 0 Å². The van der Waals surface area contributed by atoms with E-state index in [1.54, 1.807) is 0 Å². The molecule has 0 unspecified atom stereocenters. The van der Waals surface area contributed by atoms with Gasteiger partial charge in [0.1, 0.15) is 5.69 Å². The summed E-state index contributed by atoms with van der Waals surface area (Å²) in [7, 11) is 0. The summed E-state index contributed by atoms with van der Waals surface area (Å²) < 4.78 is 0. The Balaban J connectivity index is 2.32. The minimum absolute atomic E-state index is 0.0220. The number of aromatic amines is 1. The second kappa shape index (κ2) is 2.67. The van der Waals surface area contributed by atoms with Gasteiger partial charge in [-0.05, 0) is 25.0 Å². The number of fused-ring (bicyclic) bond motifs is 1. The second-order valence-electron chi connectivity index (χ2n) is 3.74. The van der Waals surface area contributed by atoms with Gasteiger partial charge < -0.3 is 4.98 Å². The monoisotopic (exact) mass is 186 g/mol. The van der Waals surface area contributed by atoms with Crippen LogP contribution in [0.2, 0.25) is 0 Å². The average molecular weight is 186 g/mol. The average Bonchev–Trinajstić information content (AvgIpc) is 3.00. The van der Waals surface area contributed by atoms with E-state index in [0.717, 1.165) is 23.9 Å². The minimum Gasteiger partial charge on any atom is -0.319 e. The van der Waals surface area contributed by atoms with Crippen molar-refractivity contribution in [2.24, 2.45) is 0 Å². The Hall–Kier alpha value is -1.64. The number of nitrogens with zero attached hydrogens (tertiary/aromatic N) is 1. The quantitative estimate of drug-likeness (QED) is 0.738. The topological polar surface area (TPSA) is 45.8 Å². The molecule has 3 nitrogen and oxygen atoms in total. The minimum atomic E-state index is -0.0220. The van der Waals surface area contributed by atoms with Crippen molar-refractivity contribution in [3.8, 4) is 0 Å². The standard InChI is InChI=1S/C11H10N2O/c14-11-10(7-5-6-7)12-8-3-1-2-4-9(8)13-11/h1-4,7H,5-6H2,(H,13,14). The summed E-state index contributed by atoms with van der Waals surface area (Å²) in [4.78, 5) is 18.9. The molecule has 1 fully saturated rings. The maximum atomic E-state index is 11.6. The Kier molecular flexibility index (Phi) is 1.48. The zero-order chi connectivity index (χ0) is 9.54. The van der Waals surface area contributed by atoms with E-state index in [1.807, 2.05) is 24.3 Å². The second-order valence-corrected chi connectivity index (χ2v) is 3.74. The predicted molar refractivity (Wildman–Crippen MR) is 54.3 cm³/mol. The predicted octanol–water partition coefficient (Wildman–Crippen LogP) is 1.80. The summed E-state index contributed by atoms with van der Waals surface area (Å²) in [5.41, 5.74) is 2.39. The maximum Gasteiger partial charge on any atom is 0.270 e. The highest BCUT2D eigenvalue weighted by Gasteiger charge is 2.27. The molecule has 1 heterocycles. The zero-order valence-electron chi connectivity index (χ0n) is 7.66. The van der Waals surface area contributed by atoms with Crippen molar-refractivity contribution in [2.75, 3.05) is 0 Å². The maximum absolute atomic E-state index is 11.6. The molecule has 1 aromatic heterocycles. The molecule has 3 rings (SSSR count). The summed E-state index contributed by atoms with van der Waals surface area (Å²) in [6.45, 7) is 0. The molecule has 0 radical (unpaired) electrons. The highest BCUT2D eigenvalue weighted by molar-refractivity contribution is 5.73. The van der Waals surface area contributed by atoms with Crippen LogP contribution in [0.3, 0.4) is 0 Å². The lowest BCUT2D eigenvalue weighted by molar-refractivity contribution is 0.984. The fourth-order valence-corrected chi connectivity index (χ4v) is 1.68. The number of aromatic nitrogens is 2. The molecule has 1 aromatic carbocycles. The Morgan fingerprint density at radius 3 is 2.86 bits per heavy atom. The molecule has 0 amide bonds. The summed E-state index contributed by atoms with van der Waals surface area (Å²) in [6, 6.07) is 7.64. The van der Waals surface area contributed by atoms with E-state index in [2.05, 4.69) is 9.97 Å². The lowest BCUT2D eigenvalue weighted by Crippen LogP contribution is -2.13. The molecule has 0 atom stereocenters. The van der Waals surface area contributed by atoms with E-state index in [4.69, 9.17) is 0 Å². The molecule has 0 bridgehead atoms. The van der Waals surface area contributed by atoms with E-state index in [9.17, 15) is 4.79 Å². The van der Waals surface area contributed by atoms with Gasteiger partial charge in [-0.3, -0.25) is 4.79 Å². The molecule has 0 aliphatic heterocycles. The van der Waals surface area contributed by atoms with Crippen molar-refractivity contribution in [1.82, 2.24) is 9.97 Å². The Labute approximate surface area is 80.8 Å². The van der Waals surface area contributed by atoms with Crippen LogP contribution in [0.25, 0.3) is 11.0 Å². The number of nitrogens with one attached hydrogen (secondary N) is 1. The van der Waals surface area contributed by atoms with Gasteiger partial charge in [0, 0.05) is 5.92 Å². The highest BCUT2D eigenvalue weighted by Crippen LogP contribution is 2.37. The summed E-state index contributed by atoms with van der Waals surface area (Å²) in [5, 5.41) is 0. The van der Waals surface area contributed by atoms with E-state index in [-0.39, 0.29) is 5.56 Å². The van der Waals surface area contributed by atoms with E-state index >= 15 is 0 Å². The van der Waals surface area contributed by atoms with Gasteiger partial charge >= 0.3 is 0 Å². The number of hydrogen-bond donors (Lipinski definition) is 1. The van der Waals surface area contributed by atoms with Gasteiger partial charge in [-0.15, -0.1) is 0 Å². The molecule has 2 aromatic rings. The third kappa shape index (κ3) is 1.13. The Morgan fingerprint density at radius 1 is 1.29 bits per heavy atom. The van der Waals surface area contributed by atoms with Gasteiger partial charge in [0.2, 0.25) is 0 Å². The largest absolute Gasteiger partial charge is 0.319 e. The first-order chi connectivity index (χ1) is 6.84. The van der Waals surface area contributed by atoms with Crippen LogP contribution in [0.5, 0.6) is 0 Å². The third-order valence-electron chi connectivity index (χ3n) is 2.59. The molecule has 70 valence electrons. The first-order valence-corrected chi connectivity index (χ1v) is 4.83. The van der Waals surface area contributed by atoms with E-state index in [0.29, 0.717) is 11.6 Å². The molecule has 1 aliphatic rings. The summed E-state index contributed by atoms with van der Waals surface area (Å²) in [6.07, 6.45) is 2.21. The Morgan fingerprint density at radius 2 is 2.07 bits per heavy atom. The molecular formula is C11H10N2O. The number of rotatable bonds is 1. The van der Waals surface area contributed by atoms with Crippen LogP contribution in [0.1, 0.15) is 24.5 Å². The van der Waals surface area contributed by atoms with Crippen LogP contribution in [0.4, 0.5) is 0 Å². The van der Waals surface area contributed by atoms with Crippen LogP contribution in [-0.4, -0.2) is 9.97 Å². The van der Waals surface area contributed by atoms with Crippen LogP contribution in [0.15, 0.2) is 29.1 Å². The van der Waals surface area contributed by atoms with Crippen LogP contribution < -0.4 is 5.56 Å². The molecule has 1 aliphatic carbocycles. The lowest BCUT2D eigenvalue weighted by atomic mass is 10.2. The number of hydrogen-bond acceptors (Lipinski definition) is 2. The van der Waals surface area contributed by atoms with Gasteiger partial charge in [0.15, 0.2) is 0 Å². The van der Waals surface area contributed by atoms with Crippen LogP contribution >= 0.6 is 0 Å². The fourth-order valence-electron chi connectivity index (χ4n) is 1.68. The Bertz CT molecular complexity index is 540. The van der Waals surface area contributed by atoms with E-state index < -0.39 is 0 Å². The summed E-state index contributed by atoms with van der Waals surface area (Å²) >= 11 is 0. The van der Waals surface area contributed by atoms with Crippen molar-refractivity contribution < 1.29 is 0 Å². The molecule has 3 heteroatoms. The number of benzene rings is 1. The van der Waals surface area contributed by atoms with Crippen LogP contribution in [-0.2, 0) is 0 Å². The van der Waals surface area contributed by atoms with Gasteiger partial charge in [-0.25, -0.2) is 4.98 Å². The number of para-hydroxylation sites is 2. The smallest absolute Gasteiger partial charge is 0.270 e.